The number of carbonyl (C=O) groups is 2. The molecule has 9 heteroatoms. The fraction of sp³-hybridized carbons (Fsp3) is 0.308. The Balaban J connectivity index is 1.57. The fourth-order valence-electron chi connectivity index (χ4n) is 1.77. The van der Waals surface area contributed by atoms with Gasteiger partial charge in [0.25, 0.3) is 5.91 Å². The van der Waals surface area contributed by atoms with Crippen molar-refractivity contribution in [2.75, 3.05) is 0 Å². The summed E-state index contributed by atoms with van der Waals surface area (Å²) < 4.78 is 0.949. The van der Waals surface area contributed by atoms with Gasteiger partial charge in [0.1, 0.15) is 6.54 Å². The molecule has 1 saturated carbocycles. The highest BCUT2D eigenvalue weighted by Crippen LogP contribution is 2.18. The van der Waals surface area contributed by atoms with Crippen LogP contribution in [0.1, 0.15) is 12.8 Å². The molecule has 1 aromatic heterocycles. The molecule has 1 aliphatic rings. The van der Waals surface area contributed by atoms with Gasteiger partial charge < -0.3 is 5.32 Å². The van der Waals surface area contributed by atoms with E-state index in [9.17, 15) is 9.59 Å². The van der Waals surface area contributed by atoms with Gasteiger partial charge in [-0.25, -0.2) is 4.79 Å². The Morgan fingerprint density at radius 2 is 2.00 bits per heavy atom. The molecule has 1 heterocycles. The summed E-state index contributed by atoms with van der Waals surface area (Å²) in [6.45, 7) is -0.165. The number of hydrogen-bond acceptors (Lipinski definition) is 5. The molecule has 0 unspecified atom stereocenters. The van der Waals surface area contributed by atoms with E-state index in [4.69, 9.17) is 0 Å². The summed E-state index contributed by atoms with van der Waals surface area (Å²) in [6, 6.07) is 7.13. The lowest BCUT2D eigenvalue weighted by atomic mass is 10.2. The van der Waals surface area contributed by atoms with Crippen molar-refractivity contribution in [3.05, 3.63) is 28.7 Å². The summed E-state index contributed by atoms with van der Waals surface area (Å²) in [5, 5.41) is 16.7. The third kappa shape index (κ3) is 3.88. The van der Waals surface area contributed by atoms with Crippen molar-refractivity contribution in [3.8, 4) is 11.4 Å². The monoisotopic (exact) mass is 364 g/mol. The third-order valence-corrected chi connectivity index (χ3v) is 3.53. The van der Waals surface area contributed by atoms with Crippen LogP contribution in [0.15, 0.2) is 28.7 Å². The van der Waals surface area contributed by atoms with Gasteiger partial charge in [0, 0.05) is 16.1 Å². The highest BCUT2D eigenvalue weighted by atomic mass is 79.9. The highest BCUT2D eigenvalue weighted by molar-refractivity contribution is 9.10. The first-order chi connectivity index (χ1) is 10.6. The minimum absolute atomic E-state index is 0.165. The molecule has 0 bridgehead atoms. The van der Waals surface area contributed by atoms with Crippen LogP contribution in [0.3, 0.4) is 0 Å². The molecule has 1 fully saturated rings. The van der Waals surface area contributed by atoms with Gasteiger partial charge in [-0.3, -0.25) is 10.1 Å². The van der Waals surface area contributed by atoms with Crippen LogP contribution in [0, 0.1) is 0 Å². The molecule has 3 amide bonds. The zero-order valence-corrected chi connectivity index (χ0v) is 13.1. The number of amides is 3. The smallest absolute Gasteiger partial charge is 0.321 e. The Labute approximate surface area is 134 Å². The summed E-state index contributed by atoms with van der Waals surface area (Å²) >= 11 is 3.35. The molecular formula is C13H13BrN6O2. The predicted molar refractivity (Wildman–Crippen MR) is 80.6 cm³/mol. The molecule has 0 aliphatic heterocycles. The van der Waals surface area contributed by atoms with Gasteiger partial charge in [-0.15, -0.1) is 10.2 Å². The van der Waals surface area contributed by atoms with E-state index in [-0.39, 0.29) is 12.6 Å². The Morgan fingerprint density at radius 1 is 1.27 bits per heavy atom. The maximum absolute atomic E-state index is 11.7. The number of nitrogens with zero attached hydrogens (tertiary/aromatic N) is 4. The van der Waals surface area contributed by atoms with Crippen LogP contribution in [0.5, 0.6) is 0 Å². The molecule has 2 aromatic rings. The Kier molecular flexibility index (Phi) is 4.14. The van der Waals surface area contributed by atoms with Crippen molar-refractivity contribution in [2.45, 2.75) is 25.4 Å². The lowest BCUT2D eigenvalue weighted by Crippen LogP contribution is -2.42. The molecule has 114 valence electrons. The Hall–Kier alpha value is -2.29. The van der Waals surface area contributed by atoms with E-state index in [0.717, 1.165) is 27.7 Å². The number of tetrazole rings is 1. The van der Waals surface area contributed by atoms with Crippen LogP contribution < -0.4 is 10.6 Å². The number of rotatable bonds is 4. The Bertz CT molecular complexity index is 695. The lowest BCUT2D eigenvalue weighted by Gasteiger charge is -2.04. The molecular weight excluding hydrogens is 352 g/mol. The zero-order valence-electron chi connectivity index (χ0n) is 11.5. The Morgan fingerprint density at radius 3 is 2.68 bits per heavy atom. The number of urea groups is 1. The first kappa shape index (κ1) is 14.6. The largest absolute Gasteiger partial charge is 0.335 e. The van der Waals surface area contributed by atoms with Crippen molar-refractivity contribution in [2.24, 2.45) is 0 Å². The maximum atomic E-state index is 11.7. The van der Waals surface area contributed by atoms with Crippen LogP contribution in [0.4, 0.5) is 4.79 Å². The van der Waals surface area contributed by atoms with Crippen LogP contribution >= 0.6 is 15.9 Å². The topological polar surface area (TPSA) is 102 Å². The lowest BCUT2D eigenvalue weighted by molar-refractivity contribution is -0.121. The standard InChI is InChI=1S/C13H13BrN6O2/c14-9-3-1-8(2-4-9)12-17-19-20(18-12)7-11(21)16-13(22)15-10-5-6-10/h1-4,10H,5-7H2,(H2,15,16,21,22). The van der Waals surface area contributed by atoms with E-state index in [1.165, 1.54) is 0 Å². The molecule has 0 saturated heterocycles. The second kappa shape index (κ2) is 6.22. The van der Waals surface area contributed by atoms with Crippen molar-refractivity contribution in [1.82, 2.24) is 30.8 Å². The number of imide groups is 1. The number of hydrogen-bond donors (Lipinski definition) is 2. The normalized spacial score (nSPS) is 13.7. The first-order valence-corrected chi connectivity index (χ1v) is 7.53. The van der Waals surface area contributed by atoms with E-state index in [0.29, 0.717) is 5.82 Å². The molecule has 0 radical (unpaired) electrons. The molecule has 1 aliphatic carbocycles. The van der Waals surface area contributed by atoms with Crippen LogP contribution in [-0.4, -0.2) is 38.2 Å². The maximum Gasteiger partial charge on any atom is 0.321 e. The average molecular weight is 365 g/mol. The fourth-order valence-corrected chi connectivity index (χ4v) is 2.03. The van der Waals surface area contributed by atoms with Crippen molar-refractivity contribution < 1.29 is 9.59 Å². The highest BCUT2D eigenvalue weighted by Gasteiger charge is 2.24. The van der Waals surface area contributed by atoms with Crippen LogP contribution in [0.25, 0.3) is 11.4 Å². The van der Waals surface area contributed by atoms with Gasteiger partial charge in [0.05, 0.1) is 0 Å². The number of benzene rings is 1. The van der Waals surface area contributed by atoms with E-state index < -0.39 is 11.9 Å². The quantitative estimate of drug-likeness (QED) is 0.845. The van der Waals surface area contributed by atoms with Gasteiger partial charge in [-0.1, -0.05) is 15.9 Å². The number of nitrogens with one attached hydrogen (secondary N) is 2. The first-order valence-electron chi connectivity index (χ1n) is 6.74. The zero-order chi connectivity index (χ0) is 15.5. The summed E-state index contributed by atoms with van der Waals surface area (Å²) in [5.74, 6) is -0.0689. The van der Waals surface area contributed by atoms with Gasteiger partial charge in [0.15, 0.2) is 0 Å². The molecule has 0 spiro atoms. The van der Waals surface area contributed by atoms with Crippen LogP contribution in [-0.2, 0) is 11.3 Å². The molecule has 8 nitrogen and oxygen atoms in total. The van der Waals surface area contributed by atoms with E-state index in [1.54, 1.807) is 0 Å². The number of halogens is 1. The van der Waals surface area contributed by atoms with E-state index in [1.807, 2.05) is 24.3 Å². The van der Waals surface area contributed by atoms with Gasteiger partial charge in [0.2, 0.25) is 5.82 Å². The SMILES string of the molecule is O=C(Cn1nnc(-c2ccc(Br)cc2)n1)NC(=O)NC1CC1. The van der Waals surface area contributed by atoms with Crippen molar-refractivity contribution in [3.63, 3.8) is 0 Å². The summed E-state index contributed by atoms with van der Waals surface area (Å²) in [5.41, 5.74) is 0.793. The minimum Gasteiger partial charge on any atom is -0.335 e. The summed E-state index contributed by atoms with van der Waals surface area (Å²) in [6.07, 6.45) is 1.92. The summed E-state index contributed by atoms with van der Waals surface area (Å²) in [4.78, 5) is 24.3. The van der Waals surface area contributed by atoms with E-state index in [2.05, 4.69) is 42.0 Å². The molecule has 3 rings (SSSR count). The van der Waals surface area contributed by atoms with Gasteiger partial charge in [-0.2, -0.15) is 4.80 Å². The third-order valence-electron chi connectivity index (χ3n) is 3.01. The van der Waals surface area contributed by atoms with Crippen LogP contribution in [0.2, 0.25) is 0 Å². The molecule has 1 aromatic carbocycles. The predicted octanol–water partition coefficient (Wildman–Crippen LogP) is 1.09. The van der Waals surface area contributed by atoms with Gasteiger partial charge in [-0.05, 0) is 42.3 Å². The van der Waals surface area contributed by atoms with Crippen molar-refractivity contribution >= 4 is 27.9 Å². The summed E-state index contributed by atoms with van der Waals surface area (Å²) in [7, 11) is 0. The average Bonchev–Trinajstić information content (AvgIpc) is 3.16. The second-order valence-corrected chi connectivity index (χ2v) is 5.86. The number of carbonyl (C=O) groups excluding carboxylic acids is 2. The minimum atomic E-state index is -0.488. The molecule has 2 N–H and O–H groups in total. The van der Waals surface area contributed by atoms with E-state index >= 15 is 0 Å². The second-order valence-electron chi connectivity index (χ2n) is 4.95. The molecule has 22 heavy (non-hydrogen) atoms. The number of aromatic nitrogens is 4. The van der Waals surface area contributed by atoms with Crippen molar-refractivity contribution in [1.29, 1.82) is 0 Å². The molecule has 0 atom stereocenters. The van der Waals surface area contributed by atoms with Gasteiger partial charge >= 0.3 is 6.03 Å².